The van der Waals surface area contributed by atoms with Crippen molar-refractivity contribution in [2.75, 3.05) is 30.3 Å². The van der Waals surface area contributed by atoms with Crippen LogP contribution in [0.15, 0.2) is 0 Å². The van der Waals surface area contributed by atoms with Gasteiger partial charge in [-0.1, -0.05) is 0 Å². The molecule has 1 aliphatic rings. The second-order valence-corrected chi connectivity index (χ2v) is 6.79. The van der Waals surface area contributed by atoms with Gasteiger partial charge in [0.15, 0.2) is 0 Å². The van der Waals surface area contributed by atoms with Gasteiger partial charge in [-0.3, -0.25) is 0 Å². The van der Waals surface area contributed by atoms with E-state index >= 15 is 0 Å². The van der Waals surface area contributed by atoms with Gasteiger partial charge in [0.2, 0.25) is 11.2 Å². The molecular formula is C11H17ClN4OS. The summed E-state index contributed by atoms with van der Waals surface area (Å²) in [6.07, 6.45) is 0. The summed E-state index contributed by atoms with van der Waals surface area (Å²) >= 11 is 7.86. The average Bonchev–Trinajstić information content (AvgIpc) is 2.27. The van der Waals surface area contributed by atoms with Crippen LogP contribution < -0.4 is 9.64 Å². The van der Waals surface area contributed by atoms with Crippen molar-refractivity contribution in [3.8, 4) is 6.01 Å². The van der Waals surface area contributed by atoms with Crippen LogP contribution >= 0.6 is 23.4 Å². The van der Waals surface area contributed by atoms with Gasteiger partial charge in [0.1, 0.15) is 0 Å². The zero-order chi connectivity index (χ0) is 13.2. The minimum absolute atomic E-state index is 0.180. The van der Waals surface area contributed by atoms with Crippen molar-refractivity contribution in [1.82, 2.24) is 15.0 Å². The van der Waals surface area contributed by atoms with Crippen molar-refractivity contribution < 1.29 is 4.74 Å². The summed E-state index contributed by atoms with van der Waals surface area (Å²) in [5.74, 6) is 1.66. The van der Waals surface area contributed by atoms with Gasteiger partial charge in [0, 0.05) is 23.6 Å². The molecule has 1 aliphatic heterocycles. The Hall–Kier alpha value is -0.750. The highest BCUT2D eigenvalue weighted by molar-refractivity contribution is 8.00. The van der Waals surface area contributed by atoms with E-state index in [-0.39, 0.29) is 10.0 Å². The summed E-state index contributed by atoms with van der Waals surface area (Å²) in [4.78, 5) is 14.6. The topological polar surface area (TPSA) is 51.1 Å². The van der Waals surface area contributed by atoms with E-state index in [0.29, 0.717) is 18.6 Å². The molecule has 0 unspecified atom stereocenters. The first-order valence-electron chi connectivity index (χ1n) is 5.93. The van der Waals surface area contributed by atoms with Crippen LogP contribution in [0.5, 0.6) is 6.01 Å². The van der Waals surface area contributed by atoms with Gasteiger partial charge in [-0.2, -0.15) is 26.7 Å². The molecule has 0 spiro atoms. The number of thioether (sulfide) groups is 1. The maximum atomic E-state index is 5.90. The van der Waals surface area contributed by atoms with E-state index in [2.05, 4.69) is 33.7 Å². The lowest BCUT2D eigenvalue weighted by Gasteiger charge is -2.37. The molecule has 0 aromatic carbocycles. The first kappa shape index (κ1) is 13.7. The lowest BCUT2D eigenvalue weighted by atomic mass is 10.2. The van der Waals surface area contributed by atoms with Crippen LogP contribution in [0, 0.1) is 0 Å². The highest BCUT2D eigenvalue weighted by Crippen LogP contribution is 2.31. The van der Waals surface area contributed by atoms with Crippen LogP contribution in [0.1, 0.15) is 20.8 Å². The number of ether oxygens (including phenoxy) is 1. The molecule has 0 atom stereocenters. The van der Waals surface area contributed by atoms with Crippen LogP contribution in [0.4, 0.5) is 5.95 Å². The van der Waals surface area contributed by atoms with Gasteiger partial charge in [-0.05, 0) is 32.4 Å². The number of aromatic nitrogens is 3. The van der Waals surface area contributed by atoms with Crippen molar-refractivity contribution >= 4 is 29.3 Å². The molecule has 100 valence electrons. The van der Waals surface area contributed by atoms with Crippen molar-refractivity contribution in [3.63, 3.8) is 0 Å². The van der Waals surface area contributed by atoms with E-state index < -0.39 is 0 Å². The van der Waals surface area contributed by atoms with Gasteiger partial charge in [0.05, 0.1) is 6.61 Å². The molecule has 1 aromatic rings. The average molecular weight is 289 g/mol. The Morgan fingerprint density at radius 2 is 2.17 bits per heavy atom. The maximum absolute atomic E-state index is 5.90. The molecule has 0 N–H and O–H groups in total. The van der Waals surface area contributed by atoms with Crippen molar-refractivity contribution in [2.45, 2.75) is 25.5 Å². The van der Waals surface area contributed by atoms with E-state index in [1.807, 2.05) is 18.7 Å². The Balaban J connectivity index is 2.21. The summed E-state index contributed by atoms with van der Waals surface area (Å²) in [7, 11) is 0. The van der Waals surface area contributed by atoms with E-state index in [1.54, 1.807) is 0 Å². The number of nitrogens with zero attached hydrogens (tertiary/aromatic N) is 4. The lowest BCUT2D eigenvalue weighted by molar-refractivity contribution is 0.311. The summed E-state index contributed by atoms with van der Waals surface area (Å²) in [5, 5.41) is 0.180. The zero-order valence-corrected chi connectivity index (χ0v) is 12.4. The van der Waals surface area contributed by atoms with Crippen LogP contribution in [0.25, 0.3) is 0 Å². The van der Waals surface area contributed by atoms with Crippen molar-refractivity contribution in [2.24, 2.45) is 0 Å². The maximum Gasteiger partial charge on any atom is 0.322 e. The molecule has 1 saturated heterocycles. The fraction of sp³-hybridized carbons (Fsp3) is 0.727. The van der Waals surface area contributed by atoms with E-state index in [9.17, 15) is 0 Å². The predicted octanol–water partition coefficient (Wildman–Crippen LogP) is 2.26. The largest absolute Gasteiger partial charge is 0.464 e. The molecule has 18 heavy (non-hydrogen) atoms. The minimum Gasteiger partial charge on any atom is -0.464 e. The Morgan fingerprint density at radius 1 is 1.39 bits per heavy atom. The normalized spacial score (nSPS) is 18.8. The molecule has 7 heteroatoms. The highest BCUT2D eigenvalue weighted by atomic mass is 35.5. The second-order valence-electron chi connectivity index (χ2n) is 4.65. The predicted molar refractivity (Wildman–Crippen MR) is 74.8 cm³/mol. The molecule has 0 radical (unpaired) electrons. The molecule has 0 aliphatic carbocycles. The Bertz CT molecular complexity index is 430. The number of rotatable bonds is 3. The standard InChI is InChI=1S/C11H17ClN4OS/c1-4-17-10-14-8(12)13-9(15-10)16-5-6-18-11(2,3)7-16/h4-7H2,1-3H3. The summed E-state index contributed by atoms with van der Waals surface area (Å²) in [6.45, 7) is 8.65. The lowest BCUT2D eigenvalue weighted by Crippen LogP contribution is -2.44. The third-order valence-electron chi connectivity index (χ3n) is 2.56. The molecule has 0 bridgehead atoms. The quantitative estimate of drug-likeness (QED) is 0.850. The van der Waals surface area contributed by atoms with Crippen molar-refractivity contribution in [1.29, 1.82) is 0 Å². The van der Waals surface area contributed by atoms with Gasteiger partial charge in [-0.25, -0.2) is 0 Å². The number of anilines is 1. The van der Waals surface area contributed by atoms with Gasteiger partial charge in [0.25, 0.3) is 0 Å². The highest BCUT2D eigenvalue weighted by Gasteiger charge is 2.29. The van der Waals surface area contributed by atoms with Gasteiger partial charge >= 0.3 is 6.01 Å². The fourth-order valence-electron chi connectivity index (χ4n) is 1.84. The Labute approximate surface area is 116 Å². The van der Waals surface area contributed by atoms with E-state index in [1.165, 1.54) is 0 Å². The third kappa shape index (κ3) is 3.38. The van der Waals surface area contributed by atoms with E-state index in [4.69, 9.17) is 16.3 Å². The second kappa shape index (κ2) is 5.48. The molecule has 5 nitrogen and oxygen atoms in total. The summed E-state index contributed by atoms with van der Waals surface area (Å²) in [6, 6.07) is 0.295. The van der Waals surface area contributed by atoms with Gasteiger partial charge in [-0.15, -0.1) is 0 Å². The summed E-state index contributed by atoms with van der Waals surface area (Å²) in [5.41, 5.74) is 0. The van der Waals surface area contributed by atoms with Crippen molar-refractivity contribution in [3.05, 3.63) is 5.28 Å². The molecular weight excluding hydrogens is 272 g/mol. The number of hydrogen-bond donors (Lipinski definition) is 0. The fourth-order valence-corrected chi connectivity index (χ4v) is 3.10. The molecule has 0 saturated carbocycles. The first-order chi connectivity index (χ1) is 8.50. The molecule has 0 amide bonds. The zero-order valence-electron chi connectivity index (χ0n) is 10.8. The SMILES string of the molecule is CCOc1nc(Cl)nc(N2CCSC(C)(C)C2)n1. The Morgan fingerprint density at radius 3 is 2.83 bits per heavy atom. The van der Waals surface area contributed by atoms with Crippen LogP contribution in [-0.4, -0.2) is 45.1 Å². The molecule has 1 fully saturated rings. The summed E-state index contributed by atoms with van der Waals surface area (Å²) < 4.78 is 5.49. The van der Waals surface area contributed by atoms with E-state index in [0.717, 1.165) is 18.8 Å². The van der Waals surface area contributed by atoms with Gasteiger partial charge < -0.3 is 9.64 Å². The smallest absolute Gasteiger partial charge is 0.322 e. The molecule has 2 heterocycles. The third-order valence-corrected chi connectivity index (χ3v) is 4.02. The minimum atomic E-state index is 0.180. The number of halogens is 1. The monoisotopic (exact) mass is 288 g/mol. The first-order valence-corrected chi connectivity index (χ1v) is 7.30. The van der Waals surface area contributed by atoms with Crippen LogP contribution in [-0.2, 0) is 0 Å². The number of hydrogen-bond acceptors (Lipinski definition) is 6. The molecule has 1 aromatic heterocycles. The Kier molecular flexibility index (Phi) is 4.17. The van der Waals surface area contributed by atoms with Crippen LogP contribution in [0.3, 0.4) is 0 Å². The van der Waals surface area contributed by atoms with Crippen LogP contribution in [0.2, 0.25) is 5.28 Å². The molecule has 2 rings (SSSR count).